The molecule has 2 heterocycles. The van der Waals surface area contributed by atoms with Gasteiger partial charge in [0, 0.05) is 20.0 Å². The maximum absolute atomic E-state index is 11.9. The molecule has 2 rings (SSSR count). The van der Waals surface area contributed by atoms with Gasteiger partial charge in [0.25, 0.3) is 0 Å². The van der Waals surface area contributed by atoms with Gasteiger partial charge in [-0.1, -0.05) is 6.08 Å². The number of carbonyl (C=O) groups is 2. The van der Waals surface area contributed by atoms with Crippen molar-refractivity contribution in [1.82, 2.24) is 9.55 Å². The number of amides is 1. The fourth-order valence-corrected chi connectivity index (χ4v) is 1.80. The van der Waals surface area contributed by atoms with E-state index >= 15 is 0 Å². The maximum Gasteiger partial charge on any atom is 0.351 e. The summed E-state index contributed by atoms with van der Waals surface area (Å²) in [5.74, 6) is -0.519. The lowest BCUT2D eigenvalue weighted by Gasteiger charge is -2.16. The second-order valence-corrected chi connectivity index (χ2v) is 4.44. The van der Waals surface area contributed by atoms with E-state index in [9.17, 15) is 14.4 Å². The monoisotopic (exact) mass is 293 g/mol. The van der Waals surface area contributed by atoms with Gasteiger partial charge >= 0.3 is 11.7 Å². The molecule has 8 heteroatoms. The van der Waals surface area contributed by atoms with E-state index in [1.165, 1.54) is 30.7 Å². The summed E-state index contributed by atoms with van der Waals surface area (Å²) in [6.45, 7) is 2.73. The Hall–Kier alpha value is -2.48. The third kappa shape index (κ3) is 3.99. The quantitative estimate of drug-likeness (QED) is 0.629. The lowest BCUT2D eigenvalue weighted by Crippen LogP contribution is -2.29. The summed E-state index contributed by atoms with van der Waals surface area (Å²) in [6.07, 6.45) is 3.85. The van der Waals surface area contributed by atoms with Crippen molar-refractivity contribution in [2.24, 2.45) is 0 Å². The van der Waals surface area contributed by atoms with Gasteiger partial charge in [-0.3, -0.25) is 14.2 Å². The number of nitrogens with zero attached hydrogens (tertiary/aromatic N) is 2. The van der Waals surface area contributed by atoms with E-state index in [-0.39, 0.29) is 18.3 Å². The number of hydrogen-bond donors (Lipinski definition) is 1. The highest BCUT2D eigenvalue weighted by Gasteiger charge is 2.22. The Kier molecular flexibility index (Phi) is 4.49. The predicted molar refractivity (Wildman–Crippen MR) is 72.5 cm³/mol. The number of aromatic nitrogens is 2. The van der Waals surface area contributed by atoms with Crippen molar-refractivity contribution in [3.8, 4) is 0 Å². The molecule has 1 aliphatic rings. The van der Waals surface area contributed by atoms with Crippen LogP contribution in [0.5, 0.6) is 0 Å². The first-order valence-corrected chi connectivity index (χ1v) is 6.29. The number of ether oxygens (including phenoxy) is 2. The summed E-state index contributed by atoms with van der Waals surface area (Å²) in [4.78, 5) is 37.2. The van der Waals surface area contributed by atoms with Crippen LogP contribution in [0.3, 0.4) is 0 Å². The zero-order valence-corrected chi connectivity index (χ0v) is 11.6. The second kappa shape index (κ2) is 6.31. The number of hydrogen-bond acceptors (Lipinski definition) is 6. The van der Waals surface area contributed by atoms with E-state index in [1.807, 2.05) is 0 Å². The first kappa shape index (κ1) is 14.9. The van der Waals surface area contributed by atoms with Crippen LogP contribution in [0.25, 0.3) is 0 Å². The molecule has 8 nitrogen and oxygen atoms in total. The van der Waals surface area contributed by atoms with Gasteiger partial charge in [-0.25, -0.2) is 4.79 Å². The molecular weight excluding hydrogens is 278 g/mol. The van der Waals surface area contributed by atoms with Crippen molar-refractivity contribution in [2.45, 2.75) is 26.2 Å². The fourth-order valence-electron chi connectivity index (χ4n) is 1.80. The number of rotatable bonds is 4. The van der Waals surface area contributed by atoms with Gasteiger partial charge in [-0.2, -0.15) is 4.98 Å². The number of carbonyl (C=O) groups excluding carboxylic acids is 2. The van der Waals surface area contributed by atoms with Crippen molar-refractivity contribution >= 4 is 17.7 Å². The minimum Gasteiger partial charge on any atom is -0.463 e. The van der Waals surface area contributed by atoms with Gasteiger partial charge in [0.05, 0.1) is 0 Å². The summed E-state index contributed by atoms with van der Waals surface area (Å²) < 4.78 is 11.7. The van der Waals surface area contributed by atoms with Gasteiger partial charge in [0.2, 0.25) is 5.91 Å². The van der Waals surface area contributed by atoms with Crippen LogP contribution < -0.4 is 11.0 Å². The Morgan fingerprint density at radius 2 is 2.19 bits per heavy atom. The van der Waals surface area contributed by atoms with Crippen LogP contribution in [0.4, 0.5) is 5.82 Å². The normalized spacial score (nSPS) is 20.3. The van der Waals surface area contributed by atoms with Crippen LogP contribution >= 0.6 is 0 Å². The molecule has 0 aliphatic carbocycles. The van der Waals surface area contributed by atoms with Crippen molar-refractivity contribution < 1.29 is 19.1 Å². The zero-order valence-electron chi connectivity index (χ0n) is 11.6. The zero-order chi connectivity index (χ0) is 15.4. The highest BCUT2D eigenvalue weighted by atomic mass is 16.6. The second-order valence-electron chi connectivity index (χ2n) is 4.44. The van der Waals surface area contributed by atoms with Crippen LogP contribution in [0.2, 0.25) is 0 Å². The Morgan fingerprint density at radius 3 is 2.81 bits per heavy atom. The molecule has 0 saturated carbocycles. The highest BCUT2D eigenvalue weighted by Crippen LogP contribution is 2.20. The Bertz CT molecular complexity index is 637. The molecule has 1 N–H and O–H groups in total. The first-order valence-electron chi connectivity index (χ1n) is 6.29. The van der Waals surface area contributed by atoms with Gasteiger partial charge in [-0.15, -0.1) is 0 Å². The van der Waals surface area contributed by atoms with E-state index in [2.05, 4.69) is 10.3 Å². The number of esters is 1. The van der Waals surface area contributed by atoms with E-state index < -0.39 is 24.0 Å². The molecule has 0 unspecified atom stereocenters. The molecule has 1 aromatic rings. The Balaban J connectivity index is 2.03. The molecule has 0 fully saturated rings. The van der Waals surface area contributed by atoms with Crippen molar-refractivity contribution in [2.75, 3.05) is 11.9 Å². The average Bonchev–Trinajstić information content (AvgIpc) is 2.84. The third-order valence-corrected chi connectivity index (χ3v) is 2.66. The third-order valence-electron chi connectivity index (χ3n) is 2.66. The van der Waals surface area contributed by atoms with E-state index in [0.29, 0.717) is 0 Å². The minimum atomic E-state index is -0.614. The van der Waals surface area contributed by atoms with Crippen LogP contribution in [-0.2, 0) is 19.1 Å². The molecule has 0 saturated heterocycles. The topological polar surface area (TPSA) is 99.5 Å². The minimum absolute atomic E-state index is 0.0918. The van der Waals surface area contributed by atoms with Gasteiger partial charge in [0.1, 0.15) is 18.5 Å². The number of nitrogens with one attached hydrogen (secondary N) is 1. The molecule has 0 bridgehead atoms. The molecule has 21 heavy (non-hydrogen) atoms. The molecule has 1 aromatic heterocycles. The summed E-state index contributed by atoms with van der Waals surface area (Å²) >= 11 is 0. The van der Waals surface area contributed by atoms with Crippen LogP contribution in [0, 0.1) is 0 Å². The molecule has 0 spiro atoms. The van der Waals surface area contributed by atoms with Crippen LogP contribution in [0.1, 0.15) is 20.1 Å². The first-order chi connectivity index (χ1) is 9.95. The predicted octanol–water partition coefficient (Wildman–Crippen LogP) is 0.218. The van der Waals surface area contributed by atoms with Gasteiger partial charge in [-0.05, 0) is 12.1 Å². The Labute approximate surface area is 120 Å². The average molecular weight is 293 g/mol. The van der Waals surface area contributed by atoms with Crippen molar-refractivity contribution in [3.05, 3.63) is 34.9 Å². The molecule has 0 aromatic carbocycles. The molecule has 1 amide bonds. The molecule has 112 valence electrons. The van der Waals surface area contributed by atoms with E-state index in [4.69, 9.17) is 9.47 Å². The lowest BCUT2D eigenvalue weighted by molar-refractivity contribution is -0.145. The van der Waals surface area contributed by atoms with Crippen molar-refractivity contribution in [3.63, 3.8) is 0 Å². The molecule has 1 aliphatic heterocycles. The van der Waals surface area contributed by atoms with Crippen molar-refractivity contribution in [1.29, 1.82) is 0 Å². The van der Waals surface area contributed by atoms with E-state index in [1.54, 1.807) is 12.2 Å². The maximum atomic E-state index is 11.9. The smallest absolute Gasteiger partial charge is 0.351 e. The van der Waals surface area contributed by atoms with E-state index in [0.717, 1.165) is 0 Å². The SMILES string of the molecule is CC(=O)Nc1ccn([C@H]2C=C[C@@H](COC(C)=O)O2)c(=O)n1. The van der Waals surface area contributed by atoms with Gasteiger partial charge < -0.3 is 14.8 Å². The largest absolute Gasteiger partial charge is 0.463 e. The lowest BCUT2D eigenvalue weighted by atomic mass is 10.4. The Morgan fingerprint density at radius 1 is 1.43 bits per heavy atom. The summed E-state index contributed by atoms with van der Waals surface area (Å²) in [7, 11) is 0. The highest BCUT2D eigenvalue weighted by molar-refractivity contribution is 5.87. The summed E-state index contributed by atoms with van der Waals surface area (Å²) in [5, 5.41) is 2.43. The summed E-state index contributed by atoms with van der Waals surface area (Å²) in [5.41, 5.74) is -0.552. The molecular formula is C13H15N3O5. The number of anilines is 1. The standard InChI is InChI=1S/C13H15N3O5/c1-8(17)14-11-5-6-16(13(19)15-11)12-4-3-10(21-12)7-20-9(2)18/h3-6,10,12H,7H2,1-2H3,(H,14,15,17,19)/t10-,12+/m0/s1. The molecule has 0 radical (unpaired) electrons. The van der Waals surface area contributed by atoms with Crippen LogP contribution in [-0.4, -0.2) is 34.1 Å². The van der Waals surface area contributed by atoms with Gasteiger partial charge in [0.15, 0.2) is 6.23 Å². The van der Waals surface area contributed by atoms with Crippen LogP contribution in [0.15, 0.2) is 29.2 Å². The molecule has 2 atom stereocenters. The fraction of sp³-hybridized carbons (Fsp3) is 0.385. The summed E-state index contributed by atoms with van der Waals surface area (Å²) in [6, 6.07) is 1.50.